The minimum absolute atomic E-state index is 0.0653. The molecule has 46 heavy (non-hydrogen) atoms. The number of amides is 2. The highest BCUT2D eigenvalue weighted by Gasteiger charge is 2.37. The van der Waals surface area contributed by atoms with E-state index in [4.69, 9.17) is 9.98 Å². The number of amidine groups is 2. The molecule has 2 aromatic carbocycles. The number of unbranched alkanes of at least 4 members (excludes halogenated alkanes) is 1. The number of benzene rings is 2. The van der Waals surface area contributed by atoms with E-state index >= 15 is 0 Å². The molecule has 0 fully saturated rings. The molecule has 4 heterocycles. The number of carbonyl (C=O) groups excluding carboxylic acids is 2. The summed E-state index contributed by atoms with van der Waals surface area (Å²) in [6, 6.07) is 30.2. The first-order chi connectivity index (χ1) is 22.6. The molecule has 1 atom stereocenters. The van der Waals surface area contributed by atoms with Crippen molar-refractivity contribution in [2.45, 2.75) is 19.3 Å². The fourth-order valence-electron chi connectivity index (χ4n) is 5.04. The summed E-state index contributed by atoms with van der Waals surface area (Å²) < 4.78 is 0. The average molecular weight is 644 g/mol. The summed E-state index contributed by atoms with van der Waals surface area (Å²) in [6.45, 7) is 4.06. The number of hydrogen-bond donors (Lipinski definition) is 0. The van der Waals surface area contributed by atoms with Gasteiger partial charge in [0.05, 0.1) is 22.8 Å². The third kappa shape index (κ3) is 7.19. The van der Waals surface area contributed by atoms with Crippen LogP contribution in [0.25, 0.3) is 12.2 Å². The number of aliphatic imine (C=N–C) groups is 2. The van der Waals surface area contributed by atoms with Crippen molar-refractivity contribution in [3.8, 4) is 0 Å². The summed E-state index contributed by atoms with van der Waals surface area (Å²) in [5.74, 6) is 0.865. The van der Waals surface area contributed by atoms with Crippen molar-refractivity contribution < 1.29 is 9.59 Å². The molecule has 10 heteroatoms. The van der Waals surface area contributed by atoms with Gasteiger partial charge in [0.15, 0.2) is 5.17 Å². The topological polar surface area (TPSA) is 91.1 Å². The minimum atomic E-state index is -0.209. The normalized spacial score (nSPS) is 17.2. The quantitative estimate of drug-likeness (QED) is 0.123. The molecule has 1 unspecified atom stereocenters. The number of aromatic nitrogens is 2. The standard InChI is InChI=1S/C36H31N6O2S2/c1-2-3-14-26(33-39-31(23-27-15-10-12-21-37-27)34(43)41(33)29-17-6-4-7-18-29)25-45-46-36-40-32(24-28-16-11-13-22-38-28)35(44)42(36)30-19-8-5-9-20-30/h4-13,15-24,26H,1-3,14,25H2/b31-23-,32-24-. The SMILES string of the molecule is [CH2]CCCC(CSSC1=N/C(=C\c2ccccn2)C(=O)N1c1ccccc1)C1=N/C(=C\c2ccccn2)C(=O)N1c1ccccc1. The third-order valence-electron chi connectivity index (χ3n) is 7.26. The summed E-state index contributed by atoms with van der Waals surface area (Å²) in [7, 11) is 3.03. The monoisotopic (exact) mass is 643 g/mol. The van der Waals surface area contributed by atoms with E-state index in [0.29, 0.717) is 39.5 Å². The molecule has 0 saturated carbocycles. The van der Waals surface area contributed by atoms with Gasteiger partial charge in [-0.3, -0.25) is 29.4 Å². The maximum Gasteiger partial charge on any atom is 0.283 e. The van der Waals surface area contributed by atoms with Crippen molar-refractivity contribution in [2.24, 2.45) is 15.9 Å². The van der Waals surface area contributed by atoms with Gasteiger partial charge >= 0.3 is 0 Å². The van der Waals surface area contributed by atoms with Gasteiger partial charge in [-0.15, -0.1) is 0 Å². The van der Waals surface area contributed by atoms with Gasteiger partial charge in [0.1, 0.15) is 17.2 Å². The highest BCUT2D eigenvalue weighted by molar-refractivity contribution is 8.82. The predicted molar refractivity (Wildman–Crippen MR) is 190 cm³/mol. The zero-order valence-electron chi connectivity index (χ0n) is 25.0. The average Bonchev–Trinajstić information content (AvgIpc) is 3.59. The van der Waals surface area contributed by atoms with Crippen LogP contribution in [0.4, 0.5) is 11.4 Å². The molecular weight excluding hydrogens is 613 g/mol. The van der Waals surface area contributed by atoms with Crippen LogP contribution < -0.4 is 9.80 Å². The molecule has 2 aliphatic rings. The molecule has 0 aliphatic carbocycles. The summed E-state index contributed by atoms with van der Waals surface area (Å²) in [4.78, 5) is 49.2. The molecule has 0 N–H and O–H groups in total. The second-order valence-electron chi connectivity index (χ2n) is 10.4. The van der Waals surface area contributed by atoms with Crippen LogP contribution in [-0.2, 0) is 9.59 Å². The second kappa shape index (κ2) is 15.0. The largest absolute Gasteiger partial charge is 0.283 e. The molecule has 2 aromatic heterocycles. The van der Waals surface area contributed by atoms with E-state index < -0.39 is 0 Å². The Balaban J connectivity index is 1.28. The fourth-order valence-corrected chi connectivity index (χ4v) is 7.44. The molecule has 2 aliphatic heterocycles. The van der Waals surface area contributed by atoms with Crippen molar-refractivity contribution in [3.63, 3.8) is 0 Å². The van der Waals surface area contributed by atoms with Gasteiger partial charge in [0, 0.05) is 24.1 Å². The lowest BCUT2D eigenvalue weighted by Crippen LogP contribution is -2.37. The highest BCUT2D eigenvalue weighted by atomic mass is 33.1. The first kappa shape index (κ1) is 31.2. The van der Waals surface area contributed by atoms with Crippen molar-refractivity contribution >= 4 is 67.9 Å². The number of nitrogens with zero attached hydrogens (tertiary/aromatic N) is 6. The van der Waals surface area contributed by atoms with Crippen LogP contribution in [0.15, 0.2) is 131 Å². The van der Waals surface area contributed by atoms with Gasteiger partial charge in [0.25, 0.3) is 11.8 Å². The Bertz CT molecular complexity index is 1800. The number of hydrogen-bond acceptors (Lipinski definition) is 8. The number of pyridine rings is 2. The van der Waals surface area contributed by atoms with Crippen molar-refractivity contribution in [1.82, 2.24) is 9.97 Å². The van der Waals surface area contributed by atoms with Gasteiger partial charge in [-0.2, -0.15) is 0 Å². The zero-order chi connectivity index (χ0) is 31.7. The van der Waals surface area contributed by atoms with Crippen LogP contribution in [0, 0.1) is 12.8 Å². The Morgan fingerprint density at radius 1 is 0.696 bits per heavy atom. The Kier molecular flexibility index (Phi) is 10.2. The fraction of sp³-hybridized carbons (Fsp3) is 0.139. The molecule has 4 aromatic rings. The van der Waals surface area contributed by atoms with Crippen molar-refractivity contribution in [3.05, 3.63) is 139 Å². The van der Waals surface area contributed by atoms with Crippen LogP contribution in [0.1, 0.15) is 30.7 Å². The van der Waals surface area contributed by atoms with Crippen molar-refractivity contribution in [2.75, 3.05) is 15.6 Å². The zero-order valence-corrected chi connectivity index (χ0v) is 26.6. The molecule has 2 amide bonds. The van der Waals surface area contributed by atoms with E-state index in [2.05, 4.69) is 16.9 Å². The Hall–Kier alpha value is -4.80. The molecule has 0 bridgehead atoms. The lowest BCUT2D eigenvalue weighted by atomic mass is 10.0. The molecule has 1 radical (unpaired) electrons. The lowest BCUT2D eigenvalue weighted by molar-refractivity contribution is -0.114. The minimum Gasteiger partial charge on any atom is -0.266 e. The highest BCUT2D eigenvalue weighted by Crippen LogP contribution is 2.38. The van der Waals surface area contributed by atoms with Gasteiger partial charge in [-0.1, -0.05) is 79.1 Å². The van der Waals surface area contributed by atoms with E-state index in [1.54, 1.807) is 45.1 Å². The van der Waals surface area contributed by atoms with Gasteiger partial charge in [-0.25, -0.2) is 9.98 Å². The third-order valence-corrected chi connectivity index (χ3v) is 9.55. The van der Waals surface area contributed by atoms with Crippen LogP contribution in [0.2, 0.25) is 0 Å². The van der Waals surface area contributed by atoms with E-state index in [1.165, 1.54) is 10.8 Å². The second-order valence-corrected chi connectivity index (χ2v) is 12.8. The van der Waals surface area contributed by atoms with Crippen LogP contribution in [-0.4, -0.2) is 38.5 Å². The van der Waals surface area contributed by atoms with E-state index in [1.807, 2.05) is 97.1 Å². The summed E-state index contributed by atoms with van der Waals surface area (Å²) in [5, 5.41) is 0.569. The van der Waals surface area contributed by atoms with E-state index in [9.17, 15) is 9.59 Å². The van der Waals surface area contributed by atoms with Gasteiger partial charge in [-0.05, 0) is 77.9 Å². The molecule has 229 valence electrons. The summed E-state index contributed by atoms with van der Waals surface area (Å²) in [6.07, 6.45) is 9.26. The number of rotatable bonds is 11. The summed E-state index contributed by atoms with van der Waals surface area (Å²) in [5.41, 5.74) is 3.50. The molecule has 0 saturated heterocycles. The molecule has 6 rings (SSSR count). The Labute approximate surface area is 276 Å². The first-order valence-corrected chi connectivity index (χ1v) is 17.2. The van der Waals surface area contributed by atoms with Gasteiger partial charge in [0.2, 0.25) is 0 Å². The molecule has 0 spiro atoms. The molecular formula is C36H31N6O2S2. The number of carbonyl (C=O) groups is 2. The number of anilines is 2. The predicted octanol–water partition coefficient (Wildman–Crippen LogP) is 7.71. The van der Waals surface area contributed by atoms with Crippen molar-refractivity contribution in [1.29, 1.82) is 0 Å². The van der Waals surface area contributed by atoms with Crippen LogP contribution >= 0.6 is 21.6 Å². The van der Waals surface area contributed by atoms with Crippen LogP contribution in [0.5, 0.6) is 0 Å². The molecule has 8 nitrogen and oxygen atoms in total. The van der Waals surface area contributed by atoms with Gasteiger partial charge < -0.3 is 0 Å². The Morgan fingerprint density at radius 3 is 1.80 bits per heavy atom. The van der Waals surface area contributed by atoms with E-state index in [-0.39, 0.29) is 17.7 Å². The lowest BCUT2D eigenvalue weighted by Gasteiger charge is -2.25. The Morgan fingerprint density at radius 2 is 1.24 bits per heavy atom. The summed E-state index contributed by atoms with van der Waals surface area (Å²) >= 11 is 0. The number of para-hydroxylation sites is 2. The van der Waals surface area contributed by atoms with Crippen LogP contribution in [0.3, 0.4) is 0 Å². The maximum atomic E-state index is 13.8. The smallest absolute Gasteiger partial charge is 0.266 e. The van der Waals surface area contributed by atoms with E-state index in [0.717, 1.165) is 30.6 Å². The maximum absolute atomic E-state index is 13.8. The first-order valence-electron chi connectivity index (χ1n) is 14.9.